The SMILES string of the molecule is CCCCCCCCc1c(F)c(F)c(-c2c(F)c(F)c(O)c(F)c2F)c(F)c1F.CCCCCCCc1c(F)c(F)c(-c2c(F)c(F)c(O)c(F)c2F)c(F)c1F. The highest BCUT2D eigenvalue weighted by Crippen LogP contribution is 2.41. The molecule has 0 aliphatic heterocycles. The maximum absolute atomic E-state index is 14.4. The van der Waals surface area contributed by atoms with E-state index in [2.05, 4.69) is 0 Å². The van der Waals surface area contributed by atoms with Crippen molar-refractivity contribution in [3.63, 3.8) is 0 Å². The summed E-state index contributed by atoms with van der Waals surface area (Å²) in [7, 11) is 0. The van der Waals surface area contributed by atoms with Gasteiger partial charge in [-0.1, -0.05) is 71.6 Å². The molecule has 0 spiro atoms. The molecule has 2 nitrogen and oxygen atoms in total. The van der Waals surface area contributed by atoms with Gasteiger partial charge in [-0.15, -0.1) is 0 Å². The van der Waals surface area contributed by atoms with Crippen molar-refractivity contribution in [3.05, 3.63) is 104 Å². The van der Waals surface area contributed by atoms with Crippen LogP contribution in [0.5, 0.6) is 11.5 Å². The van der Waals surface area contributed by atoms with Crippen LogP contribution in [0.3, 0.4) is 0 Å². The quantitative estimate of drug-likeness (QED) is 0.0711. The van der Waals surface area contributed by atoms with Crippen LogP contribution in [0.2, 0.25) is 0 Å². The molecular formula is C39H34F16O2. The smallest absolute Gasteiger partial charge is 0.204 e. The minimum Gasteiger partial charge on any atom is -0.503 e. The van der Waals surface area contributed by atoms with Crippen molar-refractivity contribution in [1.82, 2.24) is 0 Å². The molecule has 2 N–H and O–H groups in total. The topological polar surface area (TPSA) is 40.5 Å². The average molecular weight is 839 g/mol. The highest BCUT2D eigenvalue weighted by atomic mass is 19.2. The van der Waals surface area contributed by atoms with Gasteiger partial charge >= 0.3 is 0 Å². The lowest BCUT2D eigenvalue weighted by atomic mass is 9.96. The zero-order chi connectivity index (χ0) is 43.0. The Morgan fingerprint density at radius 1 is 0.263 bits per heavy atom. The van der Waals surface area contributed by atoms with Crippen molar-refractivity contribution in [1.29, 1.82) is 0 Å². The first kappa shape index (κ1) is 46.7. The molecule has 0 saturated heterocycles. The summed E-state index contributed by atoms with van der Waals surface area (Å²) >= 11 is 0. The van der Waals surface area contributed by atoms with Crippen LogP contribution < -0.4 is 0 Å². The highest BCUT2D eigenvalue weighted by molar-refractivity contribution is 5.70. The van der Waals surface area contributed by atoms with Gasteiger partial charge in [-0.05, 0) is 25.7 Å². The predicted molar refractivity (Wildman–Crippen MR) is 176 cm³/mol. The molecule has 0 bridgehead atoms. The summed E-state index contributed by atoms with van der Waals surface area (Å²) in [6.45, 7) is 3.94. The Morgan fingerprint density at radius 2 is 0.456 bits per heavy atom. The first-order chi connectivity index (χ1) is 26.8. The third-order valence-corrected chi connectivity index (χ3v) is 9.00. The van der Waals surface area contributed by atoms with Crippen LogP contribution >= 0.6 is 0 Å². The van der Waals surface area contributed by atoms with E-state index in [9.17, 15) is 70.2 Å². The number of phenolic OH excluding ortho intramolecular Hbond substituents is 2. The molecule has 0 aromatic heterocycles. The van der Waals surface area contributed by atoms with Crippen molar-refractivity contribution in [2.45, 2.75) is 97.3 Å². The van der Waals surface area contributed by atoms with E-state index in [-0.39, 0.29) is 25.7 Å². The zero-order valence-corrected chi connectivity index (χ0v) is 30.1. The fourth-order valence-electron chi connectivity index (χ4n) is 5.90. The van der Waals surface area contributed by atoms with Crippen molar-refractivity contribution in [3.8, 4) is 33.8 Å². The Labute approximate surface area is 315 Å². The van der Waals surface area contributed by atoms with Crippen molar-refractivity contribution in [2.75, 3.05) is 0 Å². The molecule has 0 saturated carbocycles. The Kier molecular flexibility index (Phi) is 16.5. The van der Waals surface area contributed by atoms with E-state index in [0.29, 0.717) is 12.8 Å². The fourth-order valence-corrected chi connectivity index (χ4v) is 5.90. The largest absolute Gasteiger partial charge is 0.503 e. The number of aromatic hydroxyl groups is 2. The molecule has 0 atom stereocenters. The molecule has 4 rings (SSSR count). The minimum atomic E-state index is -2.39. The lowest BCUT2D eigenvalue weighted by molar-refractivity contribution is 0.357. The number of unbranched alkanes of at least 4 members (excludes halogenated alkanes) is 9. The number of benzene rings is 4. The van der Waals surface area contributed by atoms with Crippen LogP contribution in [0.4, 0.5) is 70.2 Å². The Morgan fingerprint density at radius 3 is 0.684 bits per heavy atom. The van der Waals surface area contributed by atoms with E-state index in [1.807, 2.05) is 13.8 Å². The Hall–Kier alpha value is -4.64. The van der Waals surface area contributed by atoms with Gasteiger partial charge in [-0.2, -0.15) is 17.6 Å². The summed E-state index contributed by atoms with van der Waals surface area (Å²) in [5.74, 6) is -39.5. The molecule has 57 heavy (non-hydrogen) atoms. The van der Waals surface area contributed by atoms with E-state index in [4.69, 9.17) is 10.2 Å². The zero-order valence-electron chi connectivity index (χ0n) is 30.1. The van der Waals surface area contributed by atoms with Crippen LogP contribution in [-0.2, 0) is 12.8 Å². The average Bonchev–Trinajstić information content (AvgIpc) is 3.19. The van der Waals surface area contributed by atoms with Gasteiger partial charge in [0.1, 0.15) is 0 Å². The molecule has 4 aromatic carbocycles. The fraction of sp³-hybridized carbons (Fsp3) is 0.385. The summed E-state index contributed by atoms with van der Waals surface area (Å²) in [6.07, 6.45) is 6.84. The molecule has 0 radical (unpaired) electrons. The summed E-state index contributed by atoms with van der Waals surface area (Å²) in [4.78, 5) is 0. The van der Waals surface area contributed by atoms with Gasteiger partial charge in [-0.3, -0.25) is 0 Å². The highest BCUT2D eigenvalue weighted by Gasteiger charge is 2.35. The number of rotatable bonds is 15. The van der Waals surface area contributed by atoms with Crippen molar-refractivity contribution in [2.24, 2.45) is 0 Å². The summed E-state index contributed by atoms with van der Waals surface area (Å²) in [5.41, 5.74) is -9.76. The normalized spacial score (nSPS) is 11.3. The maximum Gasteiger partial charge on any atom is 0.204 e. The Balaban J connectivity index is 0.000000306. The van der Waals surface area contributed by atoms with Gasteiger partial charge in [0.15, 0.2) is 81.3 Å². The molecule has 0 aliphatic carbocycles. The molecule has 0 heterocycles. The van der Waals surface area contributed by atoms with Gasteiger partial charge in [0.2, 0.25) is 23.3 Å². The molecular weight excluding hydrogens is 804 g/mol. The summed E-state index contributed by atoms with van der Waals surface area (Å²) in [5, 5.41) is 17.9. The molecule has 18 heteroatoms. The van der Waals surface area contributed by atoms with Gasteiger partial charge in [-0.25, -0.2) is 52.7 Å². The molecule has 0 amide bonds. The van der Waals surface area contributed by atoms with Crippen LogP contribution in [0.25, 0.3) is 22.3 Å². The first-order valence-electron chi connectivity index (χ1n) is 17.6. The maximum atomic E-state index is 14.4. The second-order valence-electron chi connectivity index (χ2n) is 12.9. The second-order valence-corrected chi connectivity index (χ2v) is 12.9. The van der Waals surface area contributed by atoms with Crippen LogP contribution in [-0.4, -0.2) is 10.2 Å². The van der Waals surface area contributed by atoms with Gasteiger partial charge < -0.3 is 10.2 Å². The third kappa shape index (κ3) is 9.57. The van der Waals surface area contributed by atoms with Gasteiger partial charge in [0, 0.05) is 11.1 Å². The summed E-state index contributed by atoms with van der Waals surface area (Å²) in [6, 6.07) is 0. The number of halogens is 16. The van der Waals surface area contributed by atoms with Crippen LogP contribution in [0, 0.1) is 93.1 Å². The molecule has 0 fully saturated rings. The van der Waals surface area contributed by atoms with E-state index < -0.39 is 138 Å². The lowest BCUT2D eigenvalue weighted by Crippen LogP contribution is -2.10. The van der Waals surface area contributed by atoms with Crippen LogP contribution in [0.15, 0.2) is 0 Å². The minimum absolute atomic E-state index is 0.206. The Bertz CT molecular complexity index is 1980. The molecule has 0 unspecified atom stereocenters. The predicted octanol–water partition coefficient (Wildman–Crippen LogP) is 13.8. The van der Waals surface area contributed by atoms with Gasteiger partial charge in [0.25, 0.3) is 0 Å². The second kappa shape index (κ2) is 20.2. The number of phenols is 2. The van der Waals surface area contributed by atoms with Crippen molar-refractivity contribution >= 4 is 0 Å². The lowest BCUT2D eigenvalue weighted by Gasteiger charge is -2.14. The first-order valence-corrected chi connectivity index (χ1v) is 17.6. The van der Waals surface area contributed by atoms with Gasteiger partial charge in [0.05, 0.1) is 22.3 Å². The monoisotopic (exact) mass is 838 g/mol. The van der Waals surface area contributed by atoms with E-state index >= 15 is 0 Å². The van der Waals surface area contributed by atoms with E-state index in [1.54, 1.807) is 0 Å². The number of hydrogen-bond donors (Lipinski definition) is 2. The molecule has 4 aromatic rings. The van der Waals surface area contributed by atoms with E-state index in [0.717, 1.165) is 44.9 Å². The van der Waals surface area contributed by atoms with E-state index in [1.165, 1.54) is 0 Å². The standard InChI is InChI=1S/C20H18F8O.C19H16F8O/c1-2-3-4-5-6-7-8-9-12(21)14(23)10(15(24)13(9)22)11-16(25)18(27)20(29)19(28)17(11)26;1-2-3-4-5-6-7-8-11(20)13(22)9(14(23)12(8)21)10-15(24)17(26)19(28)18(27)16(10)25/h29H,2-8H2,1H3;28H,2-7H2,1H3. The molecule has 314 valence electrons. The van der Waals surface area contributed by atoms with Crippen molar-refractivity contribution < 1.29 is 80.5 Å². The third-order valence-electron chi connectivity index (χ3n) is 9.00. The van der Waals surface area contributed by atoms with Crippen LogP contribution in [0.1, 0.15) is 95.6 Å². The molecule has 0 aliphatic rings. The summed E-state index contributed by atoms with van der Waals surface area (Å²) < 4.78 is 224. The number of hydrogen-bond acceptors (Lipinski definition) is 2.